The number of rotatable bonds is 4. The molecule has 0 amide bonds. The van der Waals surface area contributed by atoms with Crippen LogP contribution in [0.5, 0.6) is 11.5 Å². The van der Waals surface area contributed by atoms with Gasteiger partial charge in [-0.25, -0.2) is 15.0 Å². The fraction of sp³-hybridized carbons (Fsp3) is 0.0200. The Kier molecular flexibility index (Phi) is 6.73. The Morgan fingerprint density at radius 2 is 0.815 bits per heavy atom. The predicted molar refractivity (Wildman–Crippen MR) is 216 cm³/mol. The Labute approximate surface area is 313 Å². The average molecular weight is 690 g/mol. The number of hydrogen-bond donors (Lipinski definition) is 0. The Balaban J connectivity index is 1.16. The average Bonchev–Trinajstić information content (AvgIpc) is 3.53. The molecule has 0 atom stereocenters. The molecule has 252 valence electrons. The number of para-hydroxylation sites is 2. The second kappa shape index (κ2) is 11.9. The van der Waals surface area contributed by atoms with Crippen LogP contribution in [-0.4, -0.2) is 15.0 Å². The van der Waals surface area contributed by atoms with Crippen molar-refractivity contribution in [3.05, 3.63) is 210 Å². The molecule has 0 saturated carbocycles. The van der Waals surface area contributed by atoms with Crippen LogP contribution in [0.15, 0.2) is 188 Å². The van der Waals surface area contributed by atoms with Gasteiger partial charge in [-0.3, -0.25) is 0 Å². The smallest absolute Gasteiger partial charge is 0.164 e. The molecule has 2 heterocycles. The quantitative estimate of drug-likeness (QED) is 0.185. The minimum atomic E-state index is -0.572. The molecule has 54 heavy (non-hydrogen) atoms. The lowest BCUT2D eigenvalue weighted by Gasteiger charge is -2.39. The zero-order valence-corrected chi connectivity index (χ0v) is 29.1. The summed E-state index contributed by atoms with van der Waals surface area (Å²) >= 11 is 0. The Bertz CT molecular complexity index is 2820. The molecule has 0 unspecified atom stereocenters. The lowest BCUT2D eigenvalue weighted by molar-refractivity contribution is 0.436. The SMILES string of the molecule is c1ccc(-c2nc(-c3ccccc3)nc(-c3cccc(-c4cccc5c4-c4cc6ccccc6cc4C54c5ccccc5Oc5ccccc54)c3)n2)cc1. The van der Waals surface area contributed by atoms with Gasteiger partial charge in [0.1, 0.15) is 11.5 Å². The zero-order chi connectivity index (χ0) is 35.6. The Morgan fingerprint density at radius 1 is 0.333 bits per heavy atom. The maximum absolute atomic E-state index is 6.63. The van der Waals surface area contributed by atoms with E-state index in [4.69, 9.17) is 19.7 Å². The number of fused-ring (bicyclic) bond motifs is 10. The van der Waals surface area contributed by atoms with Gasteiger partial charge in [-0.1, -0.05) is 158 Å². The van der Waals surface area contributed by atoms with Crippen LogP contribution in [0.2, 0.25) is 0 Å². The van der Waals surface area contributed by atoms with E-state index < -0.39 is 5.41 Å². The van der Waals surface area contributed by atoms with Crippen molar-refractivity contribution >= 4 is 10.8 Å². The van der Waals surface area contributed by atoms with E-state index in [1.807, 2.05) is 60.7 Å². The minimum Gasteiger partial charge on any atom is -0.457 e. The van der Waals surface area contributed by atoms with Crippen LogP contribution in [0.1, 0.15) is 22.3 Å². The Morgan fingerprint density at radius 3 is 1.46 bits per heavy atom. The lowest BCUT2D eigenvalue weighted by atomic mass is 9.66. The first-order chi connectivity index (χ1) is 26.8. The van der Waals surface area contributed by atoms with Crippen molar-refractivity contribution in [1.29, 1.82) is 0 Å². The molecule has 4 heteroatoms. The van der Waals surface area contributed by atoms with Gasteiger partial charge in [0.15, 0.2) is 17.5 Å². The van der Waals surface area contributed by atoms with E-state index in [9.17, 15) is 0 Å². The van der Waals surface area contributed by atoms with Crippen molar-refractivity contribution < 1.29 is 4.74 Å². The van der Waals surface area contributed by atoms with Gasteiger partial charge in [0.2, 0.25) is 0 Å². The van der Waals surface area contributed by atoms with E-state index >= 15 is 0 Å². The third kappa shape index (κ3) is 4.53. The third-order valence-electron chi connectivity index (χ3n) is 11.0. The standard InChI is InChI=1S/C50H31N3O/c1-3-15-32(16-4-1)47-51-48(33-17-5-2-6-18-33)53-49(52-47)37-22-13-21-36(29-37)38-23-14-26-42-46(38)39-30-34-19-7-8-20-35(34)31-43(39)50(42)40-24-9-11-27-44(40)54-45-28-12-10-25-41(45)50/h1-31H. The summed E-state index contributed by atoms with van der Waals surface area (Å²) < 4.78 is 6.63. The van der Waals surface area contributed by atoms with Crippen molar-refractivity contribution in [2.24, 2.45) is 0 Å². The first kappa shape index (κ1) is 30.5. The van der Waals surface area contributed by atoms with Gasteiger partial charge >= 0.3 is 0 Å². The van der Waals surface area contributed by atoms with Gasteiger partial charge in [-0.05, 0) is 74.5 Å². The molecule has 0 bridgehead atoms. The molecule has 11 rings (SSSR count). The second-order valence-corrected chi connectivity index (χ2v) is 13.9. The van der Waals surface area contributed by atoms with Crippen molar-refractivity contribution in [3.8, 4) is 67.9 Å². The van der Waals surface area contributed by atoms with Gasteiger partial charge in [-0.2, -0.15) is 0 Å². The lowest BCUT2D eigenvalue weighted by Crippen LogP contribution is -2.32. The number of aromatic nitrogens is 3. The van der Waals surface area contributed by atoms with E-state index in [1.54, 1.807) is 0 Å². The summed E-state index contributed by atoms with van der Waals surface area (Å²) in [6.07, 6.45) is 0. The molecule has 0 fully saturated rings. The van der Waals surface area contributed by atoms with Crippen molar-refractivity contribution in [2.75, 3.05) is 0 Å². The maximum atomic E-state index is 6.63. The highest BCUT2D eigenvalue weighted by molar-refractivity contribution is 6.01. The van der Waals surface area contributed by atoms with Crippen LogP contribution < -0.4 is 4.74 Å². The Hall–Kier alpha value is -7.17. The third-order valence-corrected chi connectivity index (χ3v) is 11.0. The summed E-state index contributed by atoms with van der Waals surface area (Å²) in [5.74, 6) is 3.69. The van der Waals surface area contributed by atoms with E-state index in [1.165, 1.54) is 33.0 Å². The van der Waals surface area contributed by atoms with Gasteiger partial charge in [0.25, 0.3) is 0 Å². The molecular weight excluding hydrogens is 659 g/mol. The first-order valence-electron chi connectivity index (χ1n) is 18.3. The highest BCUT2D eigenvalue weighted by atomic mass is 16.5. The van der Waals surface area contributed by atoms with E-state index in [0.717, 1.165) is 50.4 Å². The van der Waals surface area contributed by atoms with Gasteiger partial charge in [0, 0.05) is 27.8 Å². The number of nitrogens with zero attached hydrogens (tertiary/aromatic N) is 3. The molecule has 2 aliphatic rings. The second-order valence-electron chi connectivity index (χ2n) is 13.9. The molecule has 1 aliphatic carbocycles. The van der Waals surface area contributed by atoms with Crippen molar-refractivity contribution in [2.45, 2.75) is 5.41 Å². The fourth-order valence-electron chi connectivity index (χ4n) is 8.64. The normalized spacial score (nSPS) is 13.1. The molecule has 4 nitrogen and oxygen atoms in total. The number of ether oxygens (including phenoxy) is 1. The van der Waals surface area contributed by atoms with Gasteiger partial charge in [-0.15, -0.1) is 0 Å². The molecular formula is C50H31N3O. The van der Waals surface area contributed by atoms with Crippen molar-refractivity contribution in [1.82, 2.24) is 15.0 Å². The zero-order valence-electron chi connectivity index (χ0n) is 29.1. The highest BCUT2D eigenvalue weighted by Crippen LogP contribution is 2.63. The maximum Gasteiger partial charge on any atom is 0.164 e. The fourth-order valence-corrected chi connectivity index (χ4v) is 8.64. The number of hydrogen-bond acceptors (Lipinski definition) is 4. The first-order valence-corrected chi connectivity index (χ1v) is 18.3. The summed E-state index contributed by atoms with van der Waals surface area (Å²) in [5.41, 5.74) is 11.8. The molecule has 1 aliphatic heterocycles. The van der Waals surface area contributed by atoms with Gasteiger partial charge in [0.05, 0.1) is 5.41 Å². The summed E-state index contributed by atoms with van der Waals surface area (Å²) in [5, 5.41) is 2.43. The van der Waals surface area contributed by atoms with E-state index in [-0.39, 0.29) is 0 Å². The number of benzene rings is 8. The summed E-state index contributed by atoms with van der Waals surface area (Å²) in [6.45, 7) is 0. The molecule has 8 aromatic carbocycles. The molecule has 0 radical (unpaired) electrons. The molecule has 9 aromatic rings. The van der Waals surface area contributed by atoms with Crippen molar-refractivity contribution in [3.63, 3.8) is 0 Å². The predicted octanol–water partition coefficient (Wildman–Crippen LogP) is 12.2. The van der Waals surface area contributed by atoms with Crippen LogP contribution in [0.25, 0.3) is 67.2 Å². The molecule has 0 N–H and O–H groups in total. The molecule has 1 spiro atoms. The summed E-state index contributed by atoms with van der Waals surface area (Å²) in [4.78, 5) is 15.0. The minimum absolute atomic E-state index is 0.572. The summed E-state index contributed by atoms with van der Waals surface area (Å²) in [7, 11) is 0. The van der Waals surface area contributed by atoms with Crippen LogP contribution in [-0.2, 0) is 5.41 Å². The largest absolute Gasteiger partial charge is 0.457 e. The highest BCUT2D eigenvalue weighted by Gasteiger charge is 2.51. The monoisotopic (exact) mass is 689 g/mol. The van der Waals surface area contributed by atoms with Gasteiger partial charge < -0.3 is 4.74 Å². The van der Waals surface area contributed by atoms with Crippen LogP contribution in [0.4, 0.5) is 0 Å². The molecule has 0 saturated heterocycles. The van der Waals surface area contributed by atoms with Crippen LogP contribution in [0, 0.1) is 0 Å². The van der Waals surface area contributed by atoms with Crippen LogP contribution in [0.3, 0.4) is 0 Å². The van der Waals surface area contributed by atoms with E-state index in [0.29, 0.717) is 17.5 Å². The molecule has 1 aromatic heterocycles. The van der Waals surface area contributed by atoms with Crippen LogP contribution >= 0.6 is 0 Å². The summed E-state index contributed by atoms with van der Waals surface area (Å²) in [6, 6.07) is 66.2. The van der Waals surface area contributed by atoms with E-state index in [2.05, 4.69) is 127 Å². The topological polar surface area (TPSA) is 47.9 Å².